The Morgan fingerprint density at radius 2 is 1.52 bits per heavy atom. The van der Waals surface area contributed by atoms with Gasteiger partial charge in [-0.15, -0.1) is 0 Å². The van der Waals surface area contributed by atoms with Crippen molar-refractivity contribution in [3.63, 3.8) is 0 Å². The molecule has 0 aliphatic carbocycles. The molecule has 1 N–H and O–H groups in total. The fourth-order valence-corrected chi connectivity index (χ4v) is 4.11. The molecule has 0 aromatic heterocycles. The number of nitrogens with one attached hydrogen (secondary N) is 1. The Balaban J connectivity index is 3.18. The van der Waals surface area contributed by atoms with Crippen molar-refractivity contribution in [2.45, 2.75) is 62.9 Å². The standard InChI is InChI=1S/C15H23NO8Se/c1-7(17)16-12-14(23-10(4)20)13(22-9(3)19)11(6-21-8(2)18)24-15(12)25-5/h11-15H,6H2,1-5H3,(H,16,17)/t11-,12-,13+,14-,15+/m1/s1. The van der Waals surface area contributed by atoms with Crippen LogP contribution in [0.4, 0.5) is 0 Å². The van der Waals surface area contributed by atoms with Crippen LogP contribution in [0, 0.1) is 0 Å². The van der Waals surface area contributed by atoms with Gasteiger partial charge < -0.3 is 0 Å². The van der Waals surface area contributed by atoms with E-state index in [1.807, 2.05) is 5.82 Å². The molecule has 0 spiro atoms. The Bertz CT molecular complexity index is 526. The molecule has 0 aromatic rings. The first-order chi connectivity index (χ1) is 11.6. The molecule has 10 heteroatoms. The zero-order valence-electron chi connectivity index (χ0n) is 14.8. The number of ether oxygens (including phenoxy) is 4. The summed E-state index contributed by atoms with van der Waals surface area (Å²) >= 11 is -0.0960. The van der Waals surface area contributed by atoms with Crippen molar-refractivity contribution in [3.8, 4) is 0 Å². The van der Waals surface area contributed by atoms with Crippen LogP contribution < -0.4 is 5.32 Å². The van der Waals surface area contributed by atoms with E-state index in [2.05, 4.69) is 5.32 Å². The van der Waals surface area contributed by atoms with E-state index in [-0.39, 0.29) is 27.5 Å². The molecule has 0 radical (unpaired) electrons. The molecular weight excluding hydrogens is 401 g/mol. The van der Waals surface area contributed by atoms with Crippen LogP contribution in [0.2, 0.25) is 5.82 Å². The van der Waals surface area contributed by atoms with Crippen molar-refractivity contribution in [1.82, 2.24) is 5.32 Å². The summed E-state index contributed by atoms with van der Waals surface area (Å²) in [5.41, 5.74) is 0. The number of rotatable bonds is 6. The van der Waals surface area contributed by atoms with Crippen molar-refractivity contribution in [3.05, 3.63) is 0 Å². The molecular formula is C15H23NO8Se. The number of carbonyl (C=O) groups is 4. The van der Waals surface area contributed by atoms with E-state index in [0.717, 1.165) is 0 Å². The molecule has 0 aromatic carbocycles. The summed E-state index contributed by atoms with van der Waals surface area (Å²) in [6.45, 7) is 4.84. The Hall–Kier alpha value is -1.64. The van der Waals surface area contributed by atoms with E-state index >= 15 is 0 Å². The second kappa shape index (κ2) is 9.74. The van der Waals surface area contributed by atoms with Crippen molar-refractivity contribution in [2.75, 3.05) is 6.61 Å². The normalized spacial score (nSPS) is 28.6. The molecule has 1 saturated heterocycles. The summed E-state index contributed by atoms with van der Waals surface area (Å²) in [7, 11) is 0. The summed E-state index contributed by atoms with van der Waals surface area (Å²) in [5.74, 6) is -0.155. The number of amides is 1. The SMILES string of the molecule is C[Se][C@@H]1O[C@H](COC(C)=O)[C@H](OC(C)=O)[C@H](OC(C)=O)[C@H]1NC(C)=O. The third kappa shape index (κ3) is 6.64. The van der Waals surface area contributed by atoms with Crippen molar-refractivity contribution in [2.24, 2.45) is 0 Å². The molecule has 1 heterocycles. The number of esters is 3. The van der Waals surface area contributed by atoms with Gasteiger partial charge in [-0.25, -0.2) is 0 Å². The van der Waals surface area contributed by atoms with Gasteiger partial charge in [0.15, 0.2) is 0 Å². The van der Waals surface area contributed by atoms with Gasteiger partial charge in [-0.1, -0.05) is 0 Å². The van der Waals surface area contributed by atoms with Gasteiger partial charge in [0.2, 0.25) is 0 Å². The average Bonchev–Trinajstić information content (AvgIpc) is 2.48. The summed E-state index contributed by atoms with van der Waals surface area (Å²) in [6.07, 6.45) is -2.78. The Kier molecular flexibility index (Phi) is 8.34. The molecule has 5 atom stereocenters. The zero-order valence-corrected chi connectivity index (χ0v) is 16.5. The Morgan fingerprint density at radius 1 is 0.960 bits per heavy atom. The molecule has 0 bridgehead atoms. The minimum atomic E-state index is -1.02. The number of carbonyl (C=O) groups excluding carboxylic acids is 4. The van der Waals surface area contributed by atoms with Gasteiger partial charge in [-0.05, 0) is 0 Å². The van der Waals surface area contributed by atoms with Crippen molar-refractivity contribution < 1.29 is 38.1 Å². The van der Waals surface area contributed by atoms with Gasteiger partial charge in [-0.3, -0.25) is 0 Å². The predicted molar refractivity (Wildman–Crippen MR) is 85.6 cm³/mol. The van der Waals surface area contributed by atoms with Crippen LogP contribution in [0.25, 0.3) is 0 Å². The van der Waals surface area contributed by atoms with E-state index < -0.39 is 47.3 Å². The molecule has 9 nitrogen and oxygen atoms in total. The topological polar surface area (TPSA) is 117 Å². The van der Waals surface area contributed by atoms with E-state index in [1.165, 1.54) is 27.7 Å². The molecule has 1 amide bonds. The first kappa shape index (κ1) is 21.4. The Morgan fingerprint density at radius 3 is 1.96 bits per heavy atom. The molecule has 1 aliphatic heterocycles. The molecule has 1 rings (SSSR count). The van der Waals surface area contributed by atoms with Crippen molar-refractivity contribution >= 4 is 38.8 Å². The van der Waals surface area contributed by atoms with Crippen LogP contribution in [0.5, 0.6) is 0 Å². The van der Waals surface area contributed by atoms with Gasteiger partial charge in [0.05, 0.1) is 0 Å². The van der Waals surface area contributed by atoms with Gasteiger partial charge >= 0.3 is 152 Å². The first-order valence-electron chi connectivity index (χ1n) is 7.58. The second-order valence-electron chi connectivity index (χ2n) is 5.46. The maximum absolute atomic E-state index is 11.6. The van der Waals surface area contributed by atoms with Crippen LogP contribution in [0.1, 0.15) is 27.7 Å². The summed E-state index contributed by atoms with van der Waals surface area (Å²) < 4.78 is 21.5. The van der Waals surface area contributed by atoms with E-state index in [9.17, 15) is 19.2 Å². The van der Waals surface area contributed by atoms with Gasteiger partial charge in [0.25, 0.3) is 0 Å². The molecule has 1 aliphatic rings. The molecule has 1 fully saturated rings. The second-order valence-corrected chi connectivity index (χ2v) is 7.42. The third-order valence-electron chi connectivity index (χ3n) is 3.30. The van der Waals surface area contributed by atoms with E-state index in [4.69, 9.17) is 18.9 Å². The van der Waals surface area contributed by atoms with Crippen molar-refractivity contribution in [1.29, 1.82) is 0 Å². The minimum absolute atomic E-state index is 0.0960. The summed E-state index contributed by atoms with van der Waals surface area (Å²) in [5, 5.41) is 2.25. The first-order valence-corrected chi connectivity index (χ1v) is 10.3. The molecule has 142 valence electrons. The fourth-order valence-electron chi connectivity index (χ4n) is 2.49. The molecule has 0 saturated carbocycles. The monoisotopic (exact) mass is 425 g/mol. The van der Waals surface area contributed by atoms with E-state index in [0.29, 0.717) is 0 Å². The predicted octanol–water partition coefficient (Wildman–Crippen LogP) is -0.605. The van der Waals surface area contributed by atoms with Crippen LogP contribution in [0.3, 0.4) is 0 Å². The van der Waals surface area contributed by atoms with Gasteiger partial charge in [-0.2, -0.15) is 0 Å². The summed E-state index contributed by atoms with van der Waals surface area (Å²) in [6, 6.07) is -0.677. The molecule has 0 unspecified atom stereocenters. The van der Waals surface area contributed by atoms with Crippen LogP contribution in [0.15, 0.2) is 0 Å². The molecule has 25 heavy (non-hydrogen) atoms. The fraction of sp³-hybridized carbons (Fsp3) is 0.733. The van der Waals surface area contributed by atoms with Crippen LogP contribution >= 0.6 is 0 Å². The average molecular weight is 424 g/mol. The quantitative estimate of drug-likeness (QED) is 0.341. The van der Waals surface area contributed by atoms with Gasteiger partial charge in [0, 0.05) is 0 Å². The number of hydrogen-bond donors (Lipinski definition) is 1. The number of hydrogen-bond acceptors (Lipinski definition) is 8. The Labute approximate surface area is 152 Å². The van der Waals surface area contributed by atoms with Crippen LogP contribution in [-0.2, 0) is 38.1 Å². The summed E-state index contributed by atoms with van der Waals surface area (Å²) in [4.78, 5) is 45.7. The van der Waals surface area contributed by atoms with Crippen LogP contribution in [-0.4, -0.2) is 74.7 Å². The van der Waals surface area contributed by atoms with Gasteiger partial charge in [0.1, 0.15) is 0 Å². The zero-order chi connectivity index (χ0) is 19.1. The maximum atomic E-state index is 11.6. The third-order valence-corrected chi connectivity index (χ3v) is 5.13. The van der Waals surface area contributed by atoms with E-state index in [1.54, 1.807) is 0 Å².